The van der Waals surface area contributed by atoms with Crippen LogP contribution in [-0.4, -0.2) is 20.4 Å². The molecule has 3 unspecified atom stereocenters. The molecule has 0 aromatic heterocycles. The maximum absolute atomic E-state index is 9.86. The van der Waals surface area contributed by atoms with E-state index in [1.165, 1.54) is 0 Å². The lowest BCUT2D eigenvalue weighted by molar-refractivity contribution is 0.00811. The Bertz CT molecular complexity index is 186. The number of aliphatic hydroxyl groups is 1. The molecule has 13 heavy (non-hydrogen) atoms. The zero-order valence-electron chi connectivity index (χ0n) is 8.48. The average Bonchev–Trinajstić information content (AvgIpc) is 1.80. The third kappa shape index (κ3) is 3.10. The largest absolute Gasteiger partial charge is 0.390 e. The first-order valence-corrected chi connectivity index (χ1v) is 6.07. The highest BCUT2D eigenvalue weighted by Crippen LogP contribution is 2.43. The number of alkyl halides is 2. The van der Waals surface area contributed by atoms with E-state index in [9.17, 15) is 5.11 Å². The van der Waals surface area contributed by atoms with E-state index in [0.29, 0.717) is 10.7 Å². The highest BCUT2D eigenvalue weighted by atomic mass is 79.9. The molecule has 78 valence electrons. The highest BCUT2D eigenvalue weighted by molar-refractivity contribution is 9.09. The van der Waals surface area contributed by atoms with Gasteiger partial charge in [-0.1, -0.05) is 15.9 Å². The normalized spacial score (nSPS) is 42.0. The third-order valence-corrected chi connectivity index (χ3v) is 4.19. The van der Waals surface area contributed by atoms with Crippen molar-refractivity contribution in [3.63, 3.8) is 0 Å². The molecule has 1 nitrogen and oxygen atoms in total. The fraction of sp³-hybridized carbons (Fsp3) is 1.00. The van der Waals surface area contributed by atoms with Gasteiger partial charge in [0.1, 0.15) is 0 Å². The van der Waals surface area contributed by atoms with E-state index in [-0.39, 0.29) is 4.87 Å². The van der Waals surface area contributed by atoms with Crippen LogP contribution < -0.4 is 0 Å². The summed E-state index contributed by atoms with van der Waals surface area (Å²) >= 11 is 9.91. The smallest absolute Gasteiger partial charge is 0.0630 e. The Hall–Kier alpha value is 0.730. The fourth-order valence-electron chi connectivity index (χ4n) is 2.08. The molecule has 1 aliphatic carbocycles. The molecular formula is C10H18BrClO. The number of halogens is 2. The quantitative estimate of drug-likeness (QED) is 0.724. The molecule has 0 saturated heterocycles. The molecule has 1 N–H and O–H groups in total. The van der Waals surface area contributed by atoms with Gasteiger partial charge in [0.05, 0.1) is 5.60 Å². The number of hydrogen-bond donors (Lipinski definition) is 1. The van der Waals surface area contributed by atoms with E-state index in [4.69, 9.17) is 11.6 Å². The Morgan fingerprint density at radius 2 is 2.08 bits per heavy atom. The summed E-state index contributed by atoms with van der Waals surface area (Å²) in [5.74, 6) is 0.453. The minimum absolute atomic E-state index is 0.176. The van der Waals surface area contributed by atoms with Crippen LogP contribution in [0.15, 0.2) is 0 Å². The second-order valence-corrected chi connectivity index (χ2v) is 7.08. The van der Waals surface area contributed by atoms with Crippen LogP contribution in [0.5, 0.6) is 0 Å². The van der Waals surface area contributed by atoms with Gasteiger partial charge in [-0.15, -0.1) is 11.6 Å². The molecule has 3 atom stereocenters. The summed E-state index contributed by atoms with van der Waals surface area (Å²) in [6.45, 7) is 6.00. The predicted octanol–water partition coefficient (Wildman–Crippen LogP) is 3.32. The second kappa shape index (κ2) is 3.71. The van der Waals surface area contributed by atoms with Gasteiger partial charge in [-0.25, -0.2) is 0 Å². The van der Waals surface area contributed by atoms with E-state index in [0.717, 1.165) is 19.3 Å². The van der Waals surface area contributed by atoms with Crippen molar-refractivity contribution >= 4 is 27.5 Å². The van der Waals surface area contributed by atoms with Crippen LogP contribution in [0, 0.1) is 5.92 Å². The summed E-state index contributed by atoms with van der Waals surface area (Å²) in [6, 6.07) is 0. The molecule has 0 bridgehead atoms. The van der Waals surface area contributed by atoms with E-state index in [1.807, 2.05) is 20.8 Å². The van der Waals surface area contributed by atoms with Crippen molar-refractivity contribution in [2.75, 3.05) is 0 Å². The SMILES string of the molecule is CC1(O)CCC(C(C)(C)Cl)C(Br)C1. The molecular weight excluding hydrogens is 251 g/mol. The van der Waals surface area contributed by atoms with Crippen LogP contribution in [0.25, 0.3) is 0 Å². The predicted molar refractivity (Wildman–Crippen MR) is 60.6 cm³/mol. The molecule has 0 heterocycles. The fourth-order valence-corrected chi connectivity index (χ4v) is 4.12. The van der Waals surface area contributed by atoms with Crippen molar-refractivity contribution < 1.29 is 5.11 Å². The monoisotopic (exact) mass is 268 g/mol. The van der Waals surface area contributed by atoms with Crippen LogP contribution in [0.2, 0.25) is 0 Å². The summed E-state index contributed by atoms with van der Waals surface area (Å²) in [7, 11) is 0. The van der Waals surface area contributed by atoms with Crippen LogP contribution in [0.4, 0.5) is 0 Å². The van der Waals surface area contributed by atoms with Gasteiger partial charge in [-0.05, 0) is 46.0 Å². The number of rotatable bonds is 1. The second-order valence-electron chi connectivity index (χ2n) is 4.93. The highest BCUT2D eigenvalue weighted by Gasteiger charge is 2.41. The van der Waals surface area contributed by atoms with Crippen LogP contribution in [-0.2, 0) is 0 Å². The Balaban J connectivity index is 2.64. The van der Waals surface area contributed by atoms with Gasteiger partial charge in [0.15, 0.2) is 0 Å². The first-order valence-electron chi connectivity index (χ1n) is 4.78. The van der Waals surface area contributed by atoms with Gasteiger partial charge >= 0.3 is 0 Å². The maximum Gasteiger partial charge on any atom is 0.0630 e. The summed E-state index contributed by atoms with van der Waals surface area (Å²) in [5.41, 5.74) is -0.507. The Kier molecular flexibility index (Phi) is 3.37. The lowest BCUT2D eigenvalue weighted by atomic mass is 9.75. The lowest BCUT2D eigenvalue weighted by Gasteiger charge is -2.42. The minimum Gasteiger partial charge on any atom is -0.390 e. The first-order chi connectivity index (χ1) is 5.72. The van der Waals surface area contributed by atoms with E-state index in [2.05, 4.69) is 15.9 Å². The molecule has 1 rings (SSSR count). The van der Waals surface area contributed by atoms with Crippen molar-refractivity contribution in [3.8, 4) is 0 Å². The molecule has 0 aromatic rings. The molecule has 0 radical (unpaired) electrons. The topological polar surface area (TPSA) is 20.2 Å². The van der Waals surface area contributed by atoms with Crippen LogP contribution in [0.3, 0.4) is 0 Å². The van der Waals surface area contributed by atoms with Crippen molar-refractivity contribution in [1.82, 2.24) is 0 Å². The van der Waals surface area contributed by atoms with E-state index < -0.39 is 5.60 Å². The van der Waals surface area contributed by atoms with Gasteiger partial charge in [-0.3, -0.25) is 0 Å². The van der Waals surface area contributed by atoms with Gasteiger partial charge in [0.2, 0.25) is 0 Å². The summed E-state index contributed by atoms with van der Waals surface area (Å²) in [6.07, 6.45) is 2.66. The Morgan fingerprint density at radius 3 is 2.46 bits per heavy atom. The molecule has 1 saturated carbocycles. The van der Waals surface area contributed by atoms with Crippen molar-refractivity contribution in [2.24, 2.45) is 5.92 Å². The van der Waals surface area contributed by atoms with Crippen LogP contribution in [0.1, 0.15) is 40.0 Å². The standard InChI is InChI=1S/C10H18BrClO/c1-9(2,12)7-4-5-10(3,13)6-8(7)11/h7-8,13H,4-6H2,1-3H3. The van der Waals surface area contributed by atoms with E-state index in [1.54, 1.807) is 0 Å². The average molecular weight is 270 g/mol. The summed E-state index contributed by atoms with van der Waals surface area (Å²) in [5, 5.41) is 9.86. The zero-order valence-corrected chi connectivity index (χ0v) is 10.8. The number of hydrogen-bond acceptors (Lipinski definition) is 1. The van der Waals surface area contributed by atoms with Gasteiger partial charge in [-0.2, -0.15) is 0 Å². The molecule has 0 aromatic carbocycles. The summed E-state index contributed by atoms with van der Waals surface area (Å²) in [4.78, 5) is 0.161. The first kappa shape index (κ1) is 11.8. The Labute approximate surface area is 94.0 Å². The lowest BCUT2D eigenvalue weighted by Crippen LogP contribution is -2.43. The van der Waals surface area contributed by atoms with Gasteiger partial charge < -0.3 is 5.11 Å². The minimum atomic E-state index is -0.507. The molecule has 1 fully saturated rings. The molecule has 0 aliphatic heterocycles. The van der Waals surface area contributed by atoms with Gasteiger partial charge in [0.25, 0.3) is 0 Å². The van der Waals surface area contributed by atoms with E-state index >= 15 is 0 Å². The van der Waals surface area contributed by atoms with Gasteiger partial charge in [0, 0.05) is 9.70 Å². The molecule has 0 amide bonds. The molecule has 0 spiro atoms. The van der Waals surface area contributed by atoms with Crippen molar-refractivity contribution in [3.05, 3.63) is 0 Å². The third-order valence-electron chi connectivity index (χ3n) is 2.95. The van der Waals surface area contributed by atoms with Crippen LogP contribution >= 0.6 is 27.5 Å². The maximum atomic E-state index is 9.86. The molecule has 3 heteroatoms. The summed E-state index contributed by atoms with van der Waals surface area (Å²) < 4.78 is 0. The van der Waals surface area contributed by atoms with Crippen molar-refractivity contribution in [2.45, 2.75) is 55.3 Å². The zero-order chi connectivity index (χ0) is 10.3. The Morgan fingerprint density at radius 1 is 1.54 bits per heavy atom. The molecule has 1 aliphatic rings. The van der Waals surface area contributed by atoms with Crippen molar-refractivity contribution in [1.29, 1.82) is 0 Å².